The van der Waals surface area contributed by atoms with Gasteiger partial charge in [-0.1, -0.05) is 71.9 Å². The summed E-state index contributed by atoms with van der Waals surface area (Å²) < 4.78 is 0. The van der Waals surface area contributed by atoms with Crippen LogP contribution in [0.5, 0.6) is 0 Å². The van der Waals surface area contributed by atoms with Gasteiger partial charge < -0.3 is 0 Å². The van der Waals surface area contributed by atoms with Gasteiger partial charge in [-0.05, 0) is 39.7 Å². The van der Waals surface area contributed by atoms with E-state index in [1.807, 2.05) is 0 Å². The second kappa shape index (κ2) is 6.19. The molecular weight excluding hydrogens is 259 g/mol. The second-order valence-corrected chi connectivity index (χ2v) is 7.86. The molecule has 0 fully saturated rings. The van der Waals surface area contributed by atoms with Gasteiger partial charge in [0, 0.05) is 5.30 Å². The third-order valence-corrected chi connectivity index (χ3v) is 5.83. The summed E-state index contributed by atoms with van der Waals surface area (Å²) in [5.41, 5.74) is 4.68. The average molecular weight is 286 g/mol. The molecule has 0 nitrogen and oxygen atoms in total. The van der Waals surface area contributed by atoms with Crippen molar-refractivity contribution in [3.8, 4) is 10.9 Å². The van der Waals surface area contributed by atoms with Gasteiger partial charge in [-0.25, -0.2) is 0 Å². The summed E-state index contributed by atoms with van der Waals surface area (Å²) in [4.78, 5) is 0. The van der Waals surface area contributed by atoms with E-state index in [4.69, 9.17) is 0 Å². The quantitative estimate of drug-likeness (QED) is 0.582. The summed E-state index contributed by atoms with van der Waals surface area (Å²) in [6, 6.07) is 11.0. The van der Waals surface area contributed by atoms with Crippen LogP contribution in [0.15, 0.2) is 30.3 Å². The summed E-state index contributed by atoms with van der Waals surface area (Å²) in [5, 5.41) is 3.27. The molecule has 0 radical (unpaired) electrons. The maximum absolute atomic E-state index is 2.35. The minimum absolute atomic E-state index is 0.603. The number of hydrogen-bond acceptors (Lipinski definition) is 0. The molecule has 1 unspecified atom stereocenters. The topological polar surface area (TPSA) is 0 Å². The third-order valence-electron chi connectivity index (χ3n) is 3.90. The van der Waals surface area contributed by atoms with Gasteiger partial charge in [0.05, 0.1) is 0 Å². The fourth-order valence-electron chi connectivity index (χ4n) is 3.06. The van der Waals surface area contributed by atoms with Crippen molar-refractivity contribution in [2.45, 2.75) is 59.3 Å². The molecule has 1 aromatic carbocycles. The summed E-state index contributed by atoms with van der Waals surface area (Å²) >= 11 is 0. The average Bonchev–Trinajstić information content (AvgIpc) is 2.80. The largest absolute Gasteiger partial charge is 0.127 e. The van der Waals surface area contributed by atoms with Crippen LogP contribution in [0.3, 0.4) is 0 Å². The van der Waals surface area contributed by atoms with Crippen LogP contribution in [-0.4, -0.2) is 0 Å². The van der Waals surface area contributed by atoms with Gasteiger partial charge in [0.15, 0.2) is 0 Å². The van der Waals surface area contributed by atoms with E-state index in [1.54, 1.807) is 21.7 Å². The van der Waals surface area contributed by atoms with Crippen LogP contribution in [0.2, 0.25) is 0 Å². The van der Waals surface area contributed by atoms with Crippen molar-refractivity contribution in [1.29, 1.82) is 0 Å². The van der Waals surface area contributed by atoms with E-state index in [2.05, 4.69) is 71.9 Å². The van der Waals surface area contributed by atoms with Crippen LogP contribution in [0.1, 0.15) is 75.7 Å². The van der Waals surface area contributed by atoms with Crippen LogP contribution in [0.25, 0.3) is 10.9 Å². The van der Waals surface area contributed by atoms with E-state index < -0.39 is 0 Å². The first-order valence-corrected chi connectivity index (χ1v) is 8.74. The van der Waals surface area contributed by atoms with Gasteiger partial charge >= 0.3 is 0 Å². The molecular formula is C19H27P. The van der Waals surface area contributed by atoms with Gasteiger partial charge in [-0.3, -0.25) is 0 Å². The first-order valence-electron chi connectivity index (χ1n) is 7.74. The molecule has 0 bridgehead atoms. The minimum atomic E-state index is 0.603. The molecule has 1 heteroatoms. The Morgan fingerprint density at radius 2 is 1.25 bits per heavy atom. The third kappa shape index (κ3) is 2.86. The lowest BCUT2D eigenvalue weighted by Crippen LogP contribution is -2.00. The molecule has 2 aromatic rings. The highest BCUT2D eigenvalue weighted by Gasteiger charge is 2.23. The van der Waals surface area contributed by atoms with Gasteiger partial charge in [-0.2, -0.15) is 0 Å². The van der Waals surface area contributed by atoms with Gasteiger partial charge in [0.25, 0.3) is 0 Å². The maximum atomic E-state index is 2.35. The van der Waals surface area contributed by atoms with E-state index in [9.17, 15) is 0 Å². The highest BCUT2D eigenvalue weighted by atomic mass is 31.0. The first-order chi connectivity index (χ1) is 9.43. The molecule has 2 rings (SSSR count). The minimum Gasteiger partial charge on any atom is -0.127 e. The zero-order valence-electron chi connectivity index (χ0n) is 13.6. The van der Waals surface area contributed by atoms with Crippen molar-refractivity contribution in [3.05, 3.63) is 46.8 Å². The molecule has 1 atom stereocenters. The lowest BCUT2D eigenvalue weighted by atomic mass is 9.87. The highest BCUT2D eigenvalue weighted by molar-refractivity contribution is 7.35. The molecule has 0 aliphatic carbocycles. The summed E-state index contributed by atoms with van der Waals surface area (Å²) in [6.45, 7) is 14.1. The Morgan fingerprint density at radius 3 is 1.70 bits per heavy atom. The van der Waals surface area contributed by atoms with E-state index in [1.165, 1.54) is 5.56 Å². The SMILES string of the molecule is CC(C)c1[pH]c(-c2ccccc2)c(C(C)C)c1C(C)C. The molecule has 0 N–H and O–H groups in total. The van der Waals surface area contributed by atoms with Crippen molar-refractivity contribution in [3.63, 3.8) is 0 Å². The smallest absolute Gasteiger partial charge is 0.00221 e. The van der Waals surface area contributed by atoms with E-state index in [-0.39, 0.29) is 0 Å². The molecule has 0 saturated carbocycles. The van der Waals surface area contributed by atoms with Crippen molar-refractivity contribution in [2.24, 2.45) is 0 Å². The number of rotatable bonds is 4. The summed E-state index contributed by atoms with van der Waals surface area (Å²) in [6.07, 6.45) is 0. The molecule has 20 heavy (non-hydrogen) atoms. The van der Waals surface area contributed by atoms with Crippen molar-refractivity contribution in [2.75, 3.05) is 0 Å². The Bertz CT molecular complexity index is 559. The summed E-state index contributed by atoms with van der Waals surface area (Å²) in [7, 11) is 0.854. The molecule has 0 spiro atoms. The normalized spacial score (nSPS) is 12.2. The number of benzene rings is 1. The number of hydrogen-bond donors (Lipinski definition) is 0. The predicted molar refractivity (Wildman–Crippen MR) is 93.6 cm³/mol. The van der Waals surface area contributed by atoms with Crippen molar-refractivity contribution in [1.82, 2.24) is 0 Å². The Balaban J connectivity index is 2.72. The van der Waals surface area contributed by atoms with Gasteiger partial charge in [0.2, 0.25) is 0 Å². The molecule has 0 aliphatic heterocycles. The molecule has 108 valence electrons. The zero-order valence-corrected chi connectivity index (χ0v) is 14.6. The van der Waals surface area contributed by atoms with Crippen LogP contribution in [0, 0.1) is 0 Å². The lowest BCUT2D eigenvalue weighted by molar-refractivity contribution is 0.768. The fraction of sp³-hybridized carbons (Fsp3) is 0.474. The van der Waals surface area contributed by atoms with Crippen LogP contribution < -0.4 is 0 Å². The highest BCUT2D eigenvalue weighted by Crippen LogP contribution is 2.49. The molecule has 0 saturated heterocycles. The first kappa shape index (κ1) is 15.4. The van der Waals surface area contributed by atoms with Crippen LogP contribution in [-0.2, 0) is 0 Å². The lowest BCUT2D eigenvalue weighted by Gasteiger charge is -2.17. The maximum Gasteiger partial charge on any atom is 0.00221 e. The van der Waals surface area contributed by atoms with E-state index in [0.717, 1.165) is 8.19 Å². The van der Waals surface area contributed by atoms with Gasteiger partial charge in [0.1, 0.15) is 0 Å². The standard InChI is InChI=1S/C19H27P/c1-12(2)16-17(13(3)4)19(20-18(16)14(5)6)15-10-8-7-9-11-15/h7-14,20H,1-6H3. The Labute approximate surface area is 125 Å². The van der Waals surface area contributed by atoms with Crippen LogP contribution >= 0.6 is 8.19 Å². The van der Waals surface area contributed by atoms with Gasteiger partial charge in [-0.15, -0.1) is 8.19 Å². The molecule has 1 aromatic heterocycles. The van der Waals surface area contributed by atoms with Crippen molar-refractivity contribution >= 4 is 8.19 Å². The second-order valence-electron chi connectivity index (χ2n) is 6.57. The monoisotopic (exact) mass is 286 g/mol. The molecule has 0 aliphatic rings. The van der Waals surface area contributed by atoms with E-state index >= 15 is 0 Å². The Morgan fingerprint density at radius 1 is 0.700 bits per heavy atom. The predicted octanol–water partition coefficient (Wildman–Crippen LogP) is 6.76. The fourth-order valence-corrected chi connectivity index (χ4v) is 5.04. The molecule has 0 amide bonds. The zero-order chi connectivity index (χ0) is 14.9. The molecule has 1 heterocycles. The summed E-state index contributed by atoms with van der Waals surface area (Å²) in [5.74, 6) is 1.88. The van der Waals surface area contributed by atoms with Crippen molar-refractivity contribution < 1.29 is 0 Å². The Hall–Kier alpha value is -1.00. The van der Waals surface area contributed by atoms with E-state index in [0.29, 0.717) is 17.8 Å². The van der Waals surface area contributed by atoms with Crippen LogP contribution in [0.4, 0.5) is 0 Å². The Kier molecular flexibility index (Phi) is 4.76.